The highest BCUT2D eigenvalue weighted by molar-refractivity contribution is 7.88. The zero-order valence-corrected chi connectivity index (χ0v) is 13.5. The second-order valence-corrected chi connectivity index (χ2v) is 6.78. The van der Waals surface area contributed by atoms with Gasteiger partial charge in [0.15, 0.2) is 0 Å². The van der Waals surface area contributed by atoms with Crippen LogP contribution >= 0.6 is 0 Å². The third-order valence-electron chi connectivity index (χ3n) is 2.89. The van der Waals surface area contributed by atoms with E-state index in [-0.39, 0.29) is 19.1 Å². The fourth-order valence-electron chi connectivity index (χ4n) is 1.86. The van der Waals surface area contributed by atoms with E-state index in [1.54, 1.807) is 18.3 Å². The third-order valence-corrected chi connectivity index (χ3v) is 3.62. The molecule has 0 fully saturated rings. The Bertz CT molecular complexity index is 726. The van der Waals surface area contributed by atoms with Gasteiger partial charge in [0.05, 0.1) is 12.8 Å². The summed E-state index contributed by atoms with van der Waals surface area (Å²) in [6.07, 6.45) is 4.67. The Hall–Kier alpha value is -2.39. The smallest absolute Gasteiger partial charge is 0.319 e. The summed E-state index contributed by atoms with van der Waals surface area (Å²) in [5.74, 6) is 0. The van der Waals surface area contributed by atoms with Crippen molar-refractivity contribution in [1.82, 2.24) is 19.8 Å². The minimum atomic E-state index is -3.24. The van der Waals surface area contributed by atoms with E-state index in [0.29, 0.717) is 12.2 Å². The molecule has 23 heavy (non-hydrogen) atoms. The van der Waals surface area contributed by atoms with E-state index in [9.17, 15) is 13.2 Å². The highest BCUT2D eigenvalue weighted by atomic mass is 32.2. The maximum Gasteiger partial charge on any atom is 0.319 e. The highest BCUT2D eigenvalue weighted by Crippen LogP contribution is 2.10. The van der Waals surface area contributed by atoms with Crippen molar-refractivity contribution in [2.45, 2.75) is 6.54 Å². The Balaban J connectivity index is 1.75. The molecule has 0 unspecified atom stereocenters. The first-order valence-electron chi connectivity index (χ1n) is 6.98. The Morgan fingerprint density at radius 3 is 2.57 bits per heavy atom. The van der Waals surface area contributed by atoms with Crippen molar-refractivity contribution in [3.8, 4) is 0 Å². The molecule has 1 aromatic heterocycles. The minimum Gasteiger partial charge on any atom is -0.337 e. The van der Waals surface area contributed by atoms with Gasteiger partial charge in [0.2, 0.25) is 10.0 Å². The molecule has 0 aliphatic rings. The molecule has 0 saturated carbocycles. The first-order chi connectivity index (χ1) is 10.9. The number of hydrogen-bond donors (Lipinski definition) is 3. The van der Waals surface area contributed by atoms with Crippen LogP contribution in [-0.4, -0.2) is 43.6 Å². The minimum absolute atomic E-state index is 0.148. The van der Waals surface area contributed by atoms with Gasteiger partial charge in [-0.25, -0.2) is 17.9 Å². The van der Waals surface area contributed by atoms with Crippen molar-refractivity contribution in [1.29, 1.82) is 0 Å². The van der Waals surface area contributed by atoms with Crippen molar-refractivity contribution in [2.75, 3.05) is 24.7 Å². The number of carbonyl (C=O) groups is 1. The third kappa shape index (κ3) is 6.49. The average Bonchev–Trinajstić information content (AvgIpc) is 2.98. The van der Waals surface area contributed by atoms with Gasteiger partial charge in [0, 0.05) is 31.2 Å². The van der Waals surface area contributed by atoms with Gasteiger partial charge >= 0.3 is 6.03 Å². The van der Waals surface area contributed by atoms with Crippen molar-refractivity contribution < 1.29 is 13.2 Å². The van der Waals surface area contributed by atoms with Crippen LogP contribution in [0.25, 0.3) is 0 Å². The summed E-state index contributed by atoms with van der Waals surface area (Å²) < 4.78 is 25.8. The molecule has 3 N–H and O–H groups in total. The molecule has 1 aromatic carbocycles. The predicted molar refractivity (Wildman–Crippen MR) is 87.6 cm³/mol. The lowest BCUT2D eigenvalue weighted by molar-refractivity contribution is 0.252. The largest absolute Gasteiger partial charge is 0.337 e. The quantitative estimate of drug-likeness (QED) is 0.644. The van der Waals surface area contributed by atoms with Crippen molar-refractivity contribution in [3.63, 3.8) is 0 Å². The first kappa shape index (κ1) is 17.0. The van der Waals surface area contributed by atoms with Gasteiger partial charge in [-0.05, 0) is 23.8 Å². The molecule has 0 bridgehead atoms. The molecule has 0 spiro atoms. The van der Waals surface area contributed by atoms with E-state index in [1.165, 1.54) is 0 Å². The van der Waals surface area contributed by atoms with E-state index >= 15 is 0 Å². The molecule has 2 amide bonds. The lowest BCUT2D eigenvalue weighted by atomic mass is 10.2. The normalized spacial score (nSPS) is 11.2. The van der Waals surface area contributed by atoms with Crippen LogP contribution in [0.2, 0.25) is 0 Å². The van der Waals surface area contributed by atoms with Gasteiger partial charge < -0.3 is 10.6 Å². The zero-order chi connectivity index (χ0) is 16.7. The van der Waals surface area contributed by atoms with E-state index in [0.717, 1.165) is 11.8 Å². The number of sulfonamides is 1. The molecule has 0 aliphatic carbocycles. The SMILES string of the molecule is CS(=O)(=O)NCCNC(=O)Nc1ccc(Cn2cccn2)cc1. The topological polar surface area (TPSA) is 105 Å². The molecule has 0 aliphatic heterocycles. The summed E-state index contributed by atoms with van der Waals surface area (Å²) in [5.41, 5.74) is 1.72. The van der Waals surface area contributed by atoms with Gasteiger partial charge in [-0.1, -0.05) is 12.1 Å². The number of urea groups is 1. The highest BCUT2D eigenvalue weighted by Gasteiger charge is 2.03. The molecule has 1 heterocycles. The summed E-state index contributed by atoms with van der Waals surface area (Å²) in [7, 11) is -3.24. The maximum absolute atomic E-state index is 11.7. The number of hydrogen-bond acceptors (Lipinski definition) is 4. The number of aromatic nitrogens is 2. The molecule has 8 nitrogen and oxygen atoms in total. The second-order valence-electron chi connectivity index (χ2n) is 4.95. The van der Waals surface area contributed by atoms with E-state index in [1.807, 2.05) is 29.1 Å². The number of rotatable bonds is 7. The van der Waals surface area contributed by atoms with Crippen LogP contribution in [0.3, 0.4) is 0 Å². The first-order valence-corrected chi connectivity index (χ1v) is 8.87. The van der Waals surface area contributed by atoms with Gasteiger partial charge in [-0.3, -0.25) is 4.68 Å². The number of benzene rings is 1. The second kappa shape index (κ2) is 7.75. The lowest BCUT2D eigenvalue weighted by Gasteiger charge is -2.09. The summed E-state index contributed by atoms with van der Waals surface area (Å²) >= 11 is 0. The van der Waals surface area contributed by atoms with Gasteiger partial charge in [0.1, 0.15) is 0 Å². The zero-order valence-electron chi connectivity index (χ0n) is 12.7. The van der Waals surface area contributed by atoms with Gasteiger partial charge in [0.25, 0.3) is 0 Å². The Morgan fingerprint density at radius 2 is 1.96 bits per heavy atom. The average molecular weight is 337 g/mol. The fourth-order valence-corrected chi connectivity index (χ4v) is 2.34. The fraction of sp³-hybridized carbons (Fsp3) is 0.286. The molecule has 0 atom stereocenters. The van der Waals surface area contributed by atoms with Crippen LogP contribution in [-0.2, 0) is 16.6 Å². The van der Waals surface area contributed by atoms with Gasteiger partial charge in [-0.15, -0.1) is 0 Å². The van der Waals surface area contributed by atoms with Crippen LogP contribution in [0.4, 0.5) is 10.5 Å². The standard InChI is InChI=1S/C14H19N5O3S/c1-23(21,22)17-9-8-15-14(20)18-13-5-3-12(4-6-13)11-19-10-2-7-16-19/h2-7,10,17H,8-9,11H2,1H3,(H2,15,18,20). The summed E-state index contributed by atoms with van der Waals surface area (Å²) in [4.78, 5) is 11.7. The molecular weight excluding hydrogens is 318 g/mol. The molecule has 2 aromatic rings. The number of nitrogens with one attached hydrogen (secondary N) is 3. The van der Waals surface area contributed by atoms with Crippen molar-refractivity contribution in [2.24, 2.45) is 0 Å². The van der Waals surface area contributed by atoms with E-state index in [4.69, 9.17) is 0 Å². The predicted octanol–water partition coefficient (Wildman–Crippen LogP) is 0.602. The number of amides is 2. The Morgan fingerprint density at radius 1 is 1.22 bits per heavy atom. The van der Waals surface area contributed by atoms with E-state index in [2.05, 4.69) is 20.5 Å². The monoisotopic (exact) mass is 337 g/mol. The number of anilines is 1. The van der Waals surface area contributed by atoms with Crippen LogP contribution in [0.15, 0.2) is 42.7 Å². The van der Waals surface area contributed by atoms with E-state index < -0.39 is 10.0 Å². The number of nitrogens with zero attached hydrogens (tertiary/aromatic N) is 2. The molecule has 0 radical (unpaired) electrons. The summed E-state index contributed by atoms with van der Waals surface area (Å²) in [6.45, 7) is 1.02. The maximum atomic E-state index is 11.7. The van der Waals surface area contributed by atoms with Crippen LogP contribution in [0, 0.1) is 0 Å². The molecule has 2 rings (SSSR count). The van der Waals surface area contributed by atoms with Crippen molar-refractivity contribution in [3.05, 3.63) is 48.3 Å². The molecule has 124 valence electrons. The Kier molecular flexibility index (Phi) is 5.72. The van der Waals surface area contributed by atoms with Crippen LogP contribution in [0.1, 0.15) is 5.56 Å². The molecular formula is C14H19N5O3S. The number of carbonyl (C=O) groups excluding carboxylic acids is 1. The molecule has 0 saturated heterocycles. The van der Waals surface area contributed by atoms with Crippen LogP contribution in [0.5, 0.6) is 0 Å². The van der Waals surface area contributed by atoms with Gasteiger partial charge in [-0.2, -0.15) is 5.10 Å². The molecule has 9 heteroatoms. The van der Waals surface area contributed by atoms with Crippen molar-refractivity contribution >= 4 is 21.7 Å². The van der Waals surface area contributed by atoms with Crippen LogP contribution < -0.4 is 15.4 Å². The summed E-state index contributed by atoms with van der Waals surface area (Å²) in [5, 5.41) is 9.37. The summed E-state index contributed by atoms with van der Waals surface area (Å²) in [6, 6.07) is 8.88. The Labute approximate surface area is 134 Å². The lowest BCUT2D eigenvalue weighted by Crippen LogP contribution is -2.36.